The minimum atomic E-state index is -0.855. The maximum Gasteiger partial charge on any atom is 0.338 e. The second kappa shape index (κ2) is 10.9. The third-order valence-corrected chi connectivity index (χ3v) is 7.24. The minimum Gasteiger partial charge on any atom is -0.493 e. The van der Waals surface area contributed by atoms with Gasteiger partial charge in [0, 0.05) is 6.92 Å². The van der Waals surface area contributed by atoms with Gasteiger partial charge in [-0.1, -0.05) is 46.7 Å². The zero-order valence-corrected chi connectivity index (χ0v) is 22.7. The summed E-state index contributed by atoms with van der Waals surface area (Å²) in [5.41, 5.74) is 1.53. The van der Waals surface area contributed by atoms with E-state index in [9.17, 15) is 14.4 Å². The number of fused-ring (bicyclic) bond motifs is 1. The van der Waals surface area contributed by atoms with Gasteiger partial charge < -0.3 is 14.2 Å². The molecule has 1 aliphatic heterocycles. The molecule has 1 atom stereocenters. The molecule has 1 aromatic heterocycles. The molecular formula is C26H22Cl2N2O6S. The van der Waals surface area contributed by atoms with Crippen LogP contribution in [-0.2, 0) is 14.3 Å². The molecule has 1 aliphatic rings. The molecule has 4 rings (SSSR count). The Kier molecular flexibility index (Phi) is 7.87. The fourth-order valence-corrected chi connectivity index (χ4v) is 5.31. The van der Waals surface area contributed by atoms with Crippen LogP contribution < -0.4 is 24.4 Å². The average molecular weight is 561 g/mol. The second-order valence-corrected chi connectivity index (χ2v) is 9.80. The molecule has 0 bridgehead atoms. The van der Waals surface area contributed by atoms with Crippen molar-refractivity contribution in [1.29, 1.82) is 0 Å². The normalized spacial score (nSPS) is 15.2. The van der Waals surface area contributed by atoms with E-state index in [0.29, 0.717) is 36.2 Å². The lowest BCUT2D eigenvalue weighted by Gasteiger charge is -2.25. The van der Waals surface area contributed by atoms with Gasteiger partial charge in [-0.3, -0.25) is 14.2 Å². The predicted molar refractivity (Wildman–Crippen MR) is 141 cm³/mol. The molecule has 0 N–H and O–H groups in total. The summed E-state index contributed by atoms with van der Waals surface area (Å²) < 4.78 is 17.8. The van der Waals surface area contributed by atoms with Gasteiger partial charge in [-0.15, -0.1) is 0 Å². The van der Waals surface area contributed by atoms with E-state index in [1.807, 2.05) is 0 Å². The van der Waals surface area contributed by atoms with E-state index in [1.54, 1.807) is 56.3 Å². The Morgan fingerprint density at radius 1 is 1.14 bits per heavy atom. The Balaban J connectivity index is 1.95. The highest BCUT2D eigenvalue weighted by Crippen LogP contribution is 2.36. The number of aromatic nitrogens is 1. The molecule has 11 heteroatoms. The van der Waals surface area contributed by atoms with Crippen LogP contribution in [0.2, 0.25) is 10.0 Å². The summed E-state index contributed by atoms with van der Waals surface area (Å²) >= 11 is 13.4. The lowest BCUT2D eigenvalue weighted by Crippen LogP contribution is -2.40. The van der Waals surface area contributed by atoms with Gasteiger partial charge in [-0.05, 0) is 55.3 Å². The lowest BCUT2D eigenvalue weighted by atomic mass is 9.95. The van der Waals surface area contributed by atoms with Crippen molar-refractivity contribution >= 4 is 52.6 Å². The van der Waals surface area contributed by atoms with E-state index >= 15 is 0 Å². The van der Waals surface area contributed by atoms with Gasteiger partial charge in [0.25, 0.3) is 5.56 Å². The molecular weight excluding hydrogens is 539 g/mol. The molecule has 0 radical (unpaired) electrons. The first kappa shape index (κ1) is 26.7. The molecule has 1 unspecified atom stereocenters. The zero-order valence-electron chi connectivity index (χ0n) is 20.3. The summed E-state index contributed by atoms with van der Waals surface area (Å²) in [6.45, 7) is 4.83. The number of rotatable bonds is 6. The fraction of sp³-hybridized carbons (Fsp3) is 0.231. The van der Waals surface area contributed by atoms with Gasteiger partial charge in [-0.25, -0.2) is 9.79 Å². The van der Waals surface area contributed by atoms with Crippen molar-refractivity contribution in [2.24, 2.45) is 4.99 Å². The molecule has 3 aromatic rings. The third-order valence-electron chi connectivity index (χ3n) is 5.52. The van der Waals surface area contributed by atoms with Crippen LogP contribution in [0.4, 0.5) is 0 Å². The van der Waals surface area contributed by atoms with Crippen LogP contribution in [0.1, 0.15) is 37.9 Å². The number of halogens is 2. The number of esters is 2. The first-order valence-electron chi connectivity index (χ1n) is 11.2. The van der Waals surface area contributed by atoms with Gasteiger partial charge in [0.15, 0.2) is 16.3 Å². The third kappa shape index (κ3) is 5.34. The van der Waals surface area contributed by atoms with Crippen LogP contribution in [0.3, 0.4) is 0 Å². The van der Waals surface area contributed by atoms with Gasteiger partial charge in [0.2, 0.25) is 0 Å². The van der Waals surface area contributed by atoms with E-state index in [4.69, 9.17) is 37.4 Å². The number of benzene rings is 2. The summed E-state index contributed by atoms with van der Waals surface area (Å²) in [6, 6.07) is 9.04. The van der Waals surface area contributed by atoms with Crippen molar-refractivity contribution < 1.29 is 23.8 Å². The first-order chi connectivity index (χ1) is 17.6. The summed E-state index contributed by atoms with van der Waals surface area (Å²) in [6.07, 6.45) is 1.69. The number of ether oxygens (including phenoxy) is 3. The SMILES string of the molecule is CCOC(=O)C1=C(C)N=c2s/c(=C/c3ccc(Cl)c(Cl)c3)c(=O)n2C1c1ccc(OC(C)=O)c(OC)c1. The molecule has 0 saturated carbocycles. The maximum atomic E-state index is 13.7. The Bertz CT molecular complexity index is 1620. The summed E-state index contributed by atoms with van der Waals surface area (Å²) in [7, 11) is 1.43. The van der Waals surface area contributed by atoms with Crippen molar-refractivity contribution in [2.75, 3.05) is 13.7 Å². The van der Waals surface area contributed by atoms with E-state index in [-0.39, 0.29) is 29.2 Å². The van der Waals surface area contributed by atoms with Gasteiger partial charge in [0.05, 0.1) is 45.6 Å². The van der Waals surface area contributed by atoms with Crippen LogP contribution in [0, 0.1) is 0 Å². The summed E-state index contributed by atoms with van der Waals surface area (Å²) in [5.74, 6) is -0.618. The van der Waals surface area contributed by atoms with E-state index in [0.717, 1.165) is 0 Å². The largest absolute Gasteiger partial charge is 0.493 e. The van der Waals surface area contributed by atoms with Gasteiger partial charge in [-0.2, -0.15) is 0 Å². The van der Waals surface area contributed by atoms with Crippen molar-refractivity contribution in [3.05, 3.63) is 88.5 Å². The molecule has 0 amide bonds. The topological polar surface area (TPSA) is 96.2 Å². The van der Waals surface area contributed by atoms with Crippen LogP contribution in [0.15, 0.2) is 57.5 Å². The number of methoxy groups -OCH3 is 1. The summed E-state index contributed by atoms with van der Waals surface area (Å²) in [4.78, 5) is 43.2. The highest BCUT2D eigenvalue weighted by atomic mass is 35.5. The number of carbonyl (C=O) groups excluding carboxylic acids is 2. The number of thiazole rings is 1. The van der Waals surface area contributed by atoms with Crippen molar-refractivity contribution in [2.45, 2.75) is 26.8 Å². The van der Waals surface area contributed by atoms with Gasteiger partial charge in [0.1, 0.15) is 0 Å². The number of allylic oxidation sites excluding steroid dienone is 1. The number of hydrogen-bond acceptors (Lipinski definition) is 8. The standard InChI is InChI=1S/C26H22Cl2N2O6S/c1-5-35-25(33)22-13(2)29-26-30(23(22)16-7-9-19(36-14(3)31)20(12-16)34-4)24(32)21(37-26)11-15-6-8-17(27)18(28)10-15/h6-12,23H,5H2,1-4H3/b21-11+. The highest BCUT2D eigenvalue weighted by Gasteiger charge is 2.34. The van der Waals surface area contributed by atoms with Gasteiger partial charge >= 0.3 is 11.9 Å². The van der Waals surface area contributed by atoms with Crippen molar-refractivity contribution in [3.8, 4) is 11.5 Å². The molecule has 0 fully saturated rings. The van der Waals surface area contributed by atoms with Crippen LogP contribution in [0.25, 0.3) is 6.08 Å². The van der Waals surface area contributed by atoms with Crippen molar-refractivity contribution in [3.63, 3.8) is 0 Å². The van der Waals surface area contributed by atoms with E-state index in [1.165, 1.54) is 29.9 Å². The molecule has 2 aromatic carbocycles. The molecule has 2 heterocycles. The lowest BCUT2D eigenvalue weighted by molar-refractivity contribution is -0.139. The first-order valence-corrected chi connectivity index (χ1v) is 12.7. The number of carbonyl (C=O) groups is 2. The minimum absolute atomic E-state index is 0.152. The van der Waals surface area contributed by atoms with Crippen LogP contribution in [-0.4, -0.2) is 30.2 Å². The molecule has 0 saturated heterocycles. The monoisotopic (exact) mass is 560 g/mol. The summed E-state index contributed by atoms with van der Waals surface area (Å²) in [5, 5.41) is 0.766. The Morgan fingerprint density at radius 3 is 2.54 bits per heavy atom. The predicted octanol–water partition coefficient (Wildman–Crippen LogP) is 4.04. The molecule has 0 spiro atoms. The molecule has 8 nitrogen and oxygen atoms in total. The molecule has 0 aliphatic carbocycles. The number of hydrogen-bond donors (Lipinski definition) is 0. The fourth-order valence-electron chi connectivity index (χ4n) is 3.95. The Hall–Kier alpha value is -3.40. The highest BCUT2D eigenvalue weighted by molar-refractivity contribution is 7.07. The second-order valence-electron chi connectivity index (χ2n) is 7.98. The van der Waals surface area contributed by atoms with E-state index < -0.39 is 18.0 Å². The quantitative estimate of drug-likeness (QED) is 0.333. The average Bonchev–Trinajstić information content (AvgIpc) is 3.15. The zero-order chi connectivity index (χ0) is 26.9. The smallest absolute Gasteiger partial charge is 0.338 e. The molecule has 37 heavy (non-hydrogen) atoms. The van der Waals surface area contributed by atoms with Crippen LogP contribution >= 0.6 is 34.5 Å². The molecule has 192 valence electrons. The van der Waals surface area contributed by atoms with Crippen molar-refractivity contribution in [1.82, 2.24) is 4.57 Å². The Labute approximate surface area is 226 Å². The maximum absolute atomic E-state index is 13.7. The Morgan fingerprint density at radius 2 is 1.89 bits per heavy atom. The van der Waals surface area contributed by atoms with E-state index in [2.05, 4.69) is 4.99 Å². The number of nitrogens with zero attached hydrogens (tertiary/aromatic N) is 2. The van der Waals surface area contributed by atoms with Crippen LogP contribution in [0.5, 0.6) is 11.5 Å².